The van der Waals surface area contributed by atoms with E-state index in [9.17, 15) is 20.0 Å². The molecule has 2 heterocycles. The van der Waals surface area contributed by atoms with Crippen LogP contribution >= 0.6 is 24.0 Å². The number of aromatic hydroxyl groups is 1. The van der Waals surface area contributed by atoms with Gasteiger partial charge in [-0.15, -0.1) is 0 Å². The number of rotatable bonds is 3. The highest BCUT2D eigenvalue weighted by Gasteiger charge is 2.22. The van der Waals surface area contributed by atoms with Crippen molar-refractivity contribution >= 4 is 46.0 Å². The van der Waals surface area contributed by atoms with Crippen LogP contribution in [0.1, 0.15) is 5.76 Å². The van der Waals surface area contributed by atoms with E-state index in [1.54, 1.807) is 12.1 Å². The van der Waals surface area contributed by atoms with Crippen molar-refractivity contribution in [1.82, 2.24) is 5.32 Å². The Hall–Kier alpha value is -2.65. The molecular weight excluding hydrogens is 340 g/mol. The first-order chi connectivity index (χ1) is 10.9. The smallest absolute Gasteiger partial charge is 0.311 e. The average Bonchev–Trinajstić information content (AvgIpc) is 3.06. The first-order valence-electron chi connectivity index (χ1n) is 6.26. The molecule has 0 saturated carbocycles. The largest absolute Gasteiger partial charge is 0.502 e. The van der Waals surface area contributed by atoms with E-state index in [0.717, 1.165) is 11.8 Å². The molecule has 1 aliphatic heterocycles. The molecule has 2 N–H and O–H groups in total. The lowest BCUT2D eigenvalue weighted by molar-refractivity contribution is -0.385. The lowest BCUT2D eigenvalue weighted by atomic mass is 10.1. The number of nitrogens with one attached hydrogen (secondary N) is 1. The standard InChI is InChI=1S/C14H8N2O5S2/c17-10-3-1-7(5-9(10)16(19)20)11-4-2-8(21-11)6-12-13(18)15-14(22)23-12/h1-6,17H,(H,15,18,22). The van der Waals surface area contributed by atoms with Crippen molar-refractivity contribution in [2.24, 2.45) is 0 Å². The molecule has 116 valence electrons. The summed E-state index contributed by atoms with van der Waals surface area (Å²) in [6.07, 6.45) is 1.54. The highest BCUT2D eigenvalue weighted by Crippen LogP contribution is 2.33. The minimum absolute atomic E-state index is 0.293. The molecule has 0 atom stereocenters. The second-order valence-electron chi connectivity index (χ2n) is 4.51. The Labute approximate surface area is 139 Å². The summed E-state index contributed by atoms with van der Waals surface area (Å²) in [5, 5.41) is 22.8. The van der Waals surface area contributed by atoms with E-state index < -0.39 is 16.4 Å². The van der Waals surface area contributed by atoms with E-state index >= 15 is 0 Å². The Morgan fingerprint density at radius 1 is 1.35 bits per heavy atom. The molecule has 3 rings (SSSR count). The van der Waals surface area contributed by atoms with E-state index in [1.165, 1.54) is 24.3 Å². The van der Waals surface area contributed by atoms with Crippen LogP contribution in [0.25, 0.3) is 17.4 Å². The van der Waals surface area contributed by atoms with Gasteiger partial charge >= 0.3 is 5.69 Å². The van der Waals surface area contributed by atoms with E-state index in [0.29, 0.717) is 26.3 Å². The van der Waals surface area contributed by atoms with Gasteiger partial charge in [0.2, 0.25) is 0 Å². The monoisotopic (exact) mass is 348 g/mol. The molecule has 9 heteroatoms. The van der Waals surface area contributed by atoms with Crippen molar-refractivity contribution in [1.29, 1.82) is 0 Å². The molecule has 1 saturated heterocycles. The van der Waals surface area contributed by atoms with Crippen molar-refractivity contribution < 1.29 is 19.2 Å². The number of thioether (sulfide) groups is 1. The Morgan fingerprint density at radius 3 is 2.78 bits per heavy atom. The minimum atomic E-state index is -0.675. The van der Waals surface area contributed by atoms with Crippen LogP contribution in [0, 0.1) is 10.1 Å². The van der Waals surface area contributed by atoms with Crippen LogP contribution in [-0.4, -0.2) is 20.3 Å². The zero-order valence-electron chi connectivity index (χ0n) is 11.3. The third kappa shape index (κ3) is 3.10. The normalized spacial score (nSPS) is 15.9. The predicted octanol–water partition coefficient (Wildman–Crippen LogP) is 3.05. The van der Waals surface area contributed by atoms with E-state index in [-0.39, 0.29) is 5.91 Å². The quantitative estimate of drug-likeness (QED) is 0.380. The zero-order chi connectivity index (χ0) is 16.6. The summed E-state index contributed by atoms with van der Waals surface area (Å²) in [7, 11) is 0. The van der Waals surface area contributed by atoms with Crippen LogP contribution in [0.4, 0.5) is 5.69 Å². The minimum Gasteiger partial charge on any atom is -0.502 e. The molecule has 1 aliphatic rings. The number of carbonyl (C=O) groups excluding carboxylic acids is 1. The van der Waals surface area contributed by atoms with Crippen LogP contribution in [0.5, 0.6) is 5.75 Å². The van der Waals surface area contributed by atoms with Gasteiger partial charge in [0.1, 0.15) is 15.8 Å². The summed E-state index contributed by atoms with van der Waals surface area (Å²) in [4.78, 5) is 22.2. The number of nitrogens with zero attached hydrogens (tertiary/aromatic N) is 1. The van der Waals surface area contributed by atoms with Gasteiger partial charge in [-0.25, -0.2) is 0 Å². The summed E-state index contributed by atoms with van der Waals surface area (Å²) in [5.41, 5.74) is 0.0353. The van der Waals surface area contributed by atoms with Crippen LogP contribution in [0.15, 0.2) is 39.7 Å². The number of amides is 1. The first-order valence-corrected chi connectivity index (χ1v) is 7.49. The van der Waals surface area contributed by atoms with Gasteiger partial charge in [0, 0.05) is 17.7 Å². The number of nitro groups is 1. The fourth-order valence-electron chi connectivity index (χ4n) is 1.96. The second kappa shape index (κ2) is 5.86. The van der Waals surface area contributed by atoms with Crippen LogP contribution in [-0.2, 0) is 4.79 Å². The third-order valence-corrected chi connectivity index (χ3v) is 4.16. The van der Waals surface area contributed by atoms with Crippen molar-refractivity contribution in [2.45, 2.75) is 0 Å². The Morgan fingerprint density at radius 2 is 2.13 bits per heavy atom. The highest BCUT2D eigenvalue weighted by molar-refractivity contribution is 8.26. The summed E-state index contributed by atoms with van der Waals surface area (Å²) >= 11 is 6.03. The van der Waals surface area contributed by atoms with E-state index in [2.05, 4.69) is 5.32 Å². The van der Waals surface area contributed by atoms with Gasteiger partial charge in [-0.2, -0.15) is 0 Å². The topological polar surface area (TPSA) is 106 Å². The first kappa shape index (κ1) is 15.3. The lowest BCUT2D eigenvalue weighted by Gasteiger charge is -1.99. The zero-order valence-corrected chi connectivity index (χ0v) is 12.9. The summed E-state index contributed by atoms with van der Waals surface area (Å²) in [5.74, 6) is 0.0856. The molecule has 7 nitrogen and oxygen atoms in total. The maximum Gasteiger partial charge on any atom is 0.311 e. The second-order valence-corrected chi connectivity index (χ2v) is 6.23. The molecule has 0 bridgehead atoms. The number of thiocarbonyl (C=S) groups is 1. The van der Waals surface area contributed by atoms with Crippen LogP contribution < -0.4 is 5.32 Å². The average molecular weight is 348 g/mol. The number of furan rings is 1. The molecular formula is C14H8N2O5S2. The number of phenols is 1. The van der Waals surface area contributed by atoms with Crippen LogP contribution in [0.2, 0.25) is 0 Å². The van der Waals surface area contributed by atoms with Gasteiger partial charge in [0.25, 0.3) is 5.91 Å². The van der Waals surface area contributed by atoms with Gasteiger partial charge in [0.15, 0.2) is 5.75 Å². The highest BCUT2D eigenvalue weighted by atomic mass is 32.2. The maximum atomic E-state index is 11.6. The lowest BCUT2D eigenvalue weighted by Crippen LogP contribution is -2.17. The molecule has 1 aromatic carbocycles. The maximum absolute atomic E-state index is 11.6. The molecule has 0 spiro atoms. The molecule has 0 radical (unpaired) electrons. The molecule has 1 aromatic heterocycles. The predicted molar refractivity (Wildman–Crippen MR) is 88.8 cm³/mol. The fraction of sp³-hybridized carbons (Fsp3) is 0. The van der Waals surface area contributed by atoms with Gasteiger partial charge in [-0.05, 0) is 24.3 Å². The van der Waals surface area contributed by atoms with Crippen molar-refractivity contribution in [3.05, 3.63) is 51.1 Å². The number of phenolic OH excluding ortho intramolecular Hbond substituents is 1. The third-order valence-electron chi connectivity index (χ3n) is 3.00. The molecule has 1 fully saturated rings. The number of carbonyl (C=O) groups is 1. The number of nitro benzene ring substituents is 1. The van der Waals surface area contributed by atoms with Crippen molar-refractivity contribution in [3.63, 3.8) is 0 Å². The molecule has 0 unspecified atom stereocenters. The van der Waals surface area contributed by atoms with Gasteiger partial charge in [-0.1, -0.05) is 24.0 Å². The molecule has 1 amide bonds. The SMILES string of the molecule is O=C1NC(=S)SC1=Cc1ccc(-c2ccc(O)c([N+](=O)[O-])c2)o1. The van der Waals surface area contributed by atoms with E-state index in [1.807, 2.05) is 0 Å². The number of benzene rings is 1. The Bertz CT molecular complexity index is 872. The van der Waals surface area contributed by atoms with Crippen molar-refractivity contribution in [3.8, 4) is 17.1 Å². The van der Waals surface area contributed by atoms with Gasteiger partial charge < -0.3 is 14.8 Å². The van der Waals surface area contributed by atoms with E-state index in [4.69, 9.17) is 16.6 Å². The van der Waals surface area contributed by atoms with Gasteiger partial charge in [0.05, 0.1) is 9.83 Å². The summed E-state index contributed by atoms with van der Waals surface area (Å²) < 4.78 is 5.95. The molecule has 2 aromatic rings. The number of hydrogen-bond acceptors (Lipinski definition) is 7. The van der Waals surface area contributed by atoms with Crippen LogP contribution in [0.3, 0.4) is 0 Å². The Balaban J connectivity index is 1.92. The summed E-state index contributed by atoms with van der Waals surface area (Å²) in [6.45, 7) is 0. The van der Waals surface area contributed by atoms with Crippen molar-refractivity contribution in [2.75, 3.05) is 0 Å². The fourth-order valence-corrected chi connectivity index (χ4v) is 2.98. The number of hydrogen-bond donors (Lipinski definition) is 2. The molecule has 0 aliphatic carbocycles. The summed E-state index contributed by atoms with van der Waals surface area (Å²) in [6, 6.07) is 7.21. The molecule has 23 heavy (non-hydrogen) atoms. The van der Waals surface area contributed by atoms with Gasteiger partial charge in [-0.3, -0.25) is 14.9 Å². The Kier molecular flexibility index (Phi) is 3.89.